The van der Waals surface area contributed by atoms with Crippen molar-refractivity contribution in [2.45, 2.75) is 46.6 Å². The summed E-state index contributed by atoms with van der Waals surface area (Å²) < 4.78 is 10.4. The van der Waals surface area contributed by atoms with Crippen molar-refractivity contribution >= 4 is 17.8 Å². The normalized spacial score (nSPS) is 10.6. The van der Waals surface area contributed by atoms with Crippen molar-refractivity contribution in [1.82, 2.24) is 10.6 Å². The Hall–Kier alpha value is -2.57. The molecule has 2 amide bonds. The van der Waals surface area contributed by atoms with Crippen LogP contribution >= 0.6 is 0 Å². The summed E-state index contributed by atoms with van der Waals surface area (Å²) in [7, 11) is 0. The number of hydrogen-bond donors (Lipinski definition) is 2. The van der Waals surface area contributed by atoms with Crippen LogP contribution in [0.3, 0.4) is 0 Å². The van der Waals surface area contributed by atoms with E-state index in [0.29, 0.717) is 5.75 Å². The molecule has 0 aromatic heterocycles. The Bertz CT molecular complexity index is 641. The van der Waals surface area contributed by atoms with Gasteiger partial charge in [0.05, 0.1) is 6.54 Å². The van der Waals surface area contributed by atoms with Gasteiger partial charge < -0.3 is 20.1 Å². The van der Waals surface area contributed by atoms with Crippen molar-refractivity contribution < 1.29 is 23.9 Å². The molecule has 0 saturated carbocycles. The smallest absolute Gasteiger partial charge is 0.344 e. The molecule has 0 fully saturated rings. The highest BCUT2D eigenvalue weighted by Gasteiger charge is 2.13. The quantitative estimate of drug-likeness (QED) is 0.650. The molecule has 7 heteroatoms. The second-order valence-corrected chi connectivity index (χ2v) is 6.64. The number of carbonyl (C=O) groups is 3. The van der Waals surface area contributed by atoms with Crippen molar-refractivity contribution in [3.8, 4) is 5.75 Å². The molecule has 144 valence electrons. The maximum absolute atomic E-state index is 11.8. The lowest BCUT2D eigenvalue weighted by molar-refractivity contribution is -0.150. The zero-order valence-electron chi connectivity index (χ0n) is 16.0. The molecular weight excluding hydrogens is 336 g/mol. The van der Waals surface area contributed by atoms with Gasteiger partial charge in [-0.25, -0.2) is 4.79 Å². The van der Waals surface area contributed by atoms with Gasteiger partial charge in [-0.15, -0.1) is 0 Å². The zero-order chi connectivity index (χ0) is 19.7. The van der Waals surface area contributed by atoms with E-state index < -0.39 is 18.5 Å². The number of aryl methyl sites for hydroxylation is 1. The van der Waals surface area contributed by atoms with Crippen LogP contribution in [0.1, 0.15) is 44.7 Å². The van der Waals surface area contributed by atoms with Crippen LogP contribution in [0.15, 0.2) is 18.2 Å². The first kappa shape index (κ1) is 21.5. The van der Waals surface area contributed by atoms with E-state index in [-0.39, 0.29) is 31.0 Å². The number of amides is 2. The number of rotatable bonds is 9. The van der Waals surface area contributed by atoms with E-state index in [2.05, 4.69) is 10.6 Å². The SMILES string of the molecule is Cc1ccc(C(C)C)c(OCC(=O)OCC(=O)NCC(=O)NC(C)C)c1. The average molecular weight is 364 g/mol. The first-order chi connectivity index (χ1) is 12.2. The lowest BCUT2D eigenvalue weighted by Crippen LogP contribution is -2.41. The Labute approximate surface area is 154 Å². The molecule has 0 atom stereocenters. The number of carbonyl (C=O) groups excluding carboxylic acids is 3. The number of hydrogen-bond acceptors (Lipinski definition) is 5. The van der Waals surface area contributed by atoms with Crippen LogP contribution < -0.4 is 15.4 Å². The fraction of sp³-hybridized carbons (Fsp3) is 0.526. The molecule has 1 aromatic carbocycles. The first-order valence-electron chi connectivity index (χ1n) is 8.64. The van der Waals surface area contributed by atoms with Gasteiger partial charge in [0.15, 0.2) is 13.2 Å². The van der Waals surface area contributed by atoms with E-state index >= 15 is 0 Å². The van der Waals surface area contributed by atoms with Crippen molar-refractivity contribution in [1.29, 1.82) is 0 Å². The van der Waals surface area contributed by atoms with Crippen LogP contribution in [-0.4, -0.2) is 43.6 Å². The Morgan fingerprint density at radius 1 is 1.04 bits per heavy atom. The molecule has 1 rings (SSSR count). The maximum Gasteiger partial charge on any atom is 0.344 e. The molecule has 0 heterocycles. The van der Waals surface area contributed by atoms with E-state index in [1.807, 2.05) is 52.8 Å². The van der Waals surface area contributed by atoms with E-state index in [1.165, 1.54) is 0 Å². The molecule has 0 spiro atoms. The third-order valence-corrected chi connectivity index (χ3v) is 3.40. The average Bonchev–Trinajstić information content (AvgIpc) is 2.55. The molecule has 1 aromatic rings. The predicted octanol–water partition coefficient (Wildman–Crippen LogP) is 1.68. The standard InChI is InChI=1S/C19H28N2O5/c1-12(2)15-7-6-14(5)8-16(15)25-11-19(24)26-10-18(23)20-9-17(22)21-13(3)4/h6-8,12-13H,9-11H2,1-5H3,(H,20,23)(H,21,22). The molecule has 0 aliphatic heterocycles. The minimum Gasteiger partial charge on any atom is -0.482 e. The fourth-order valence-corrected chi connectivity index (χ4v) is 2.17. The van der Waals surface area contributed by atoms with E-state index in [9.17, 15) is 14.4 Å². The highest BCUT2D eigenvalue weighted by molar-refractivity contribution is 5.86. The molecule has 0 aliphatic carbocycles. The summed E-state index contributed by atoms with van der Waals surface area (Å²) in [5.41, 5.74) is 2.02. The molecule has 0 saturated heterocycles. The van der Waals surface area contributed by atoms with E-state index in [1.54, 1.807) is 0 Å². The molecule has 7 nitrogen and oxygen atoms in total. The van der Waals surface area contributed by atoms with Crippen molar-refractivity contribution in [3.05, 3.63) is 29.3 Å². The summed E-state index contributed by atoms with van der Waals surface area (Å²) in [6, 6.07) is 5.81. The monoisotopic (exact) mass is 364 g/mol. The maximum atomic E-state index is 11.8. The van der Waals surface area contributed by atoms with Crippen LogP contribution in [0.4, 0.5) is 0 Å². The third kappa shape index (κ3) is 8.00. The number of esters is 1. The summed E-state index contributed by atoms with van der Waals surface area (Å²) in [6.07, 6.45) is 0. The van der Waals surface area contributed by atoms with Crippen molar-refractivity contribution in [2.75, 3.05) is 19.8 Å². The Morgan fingerprint density at radius 2 is 1.73 bits per heavy atom. The number of nitrogens with one attached hydrogen (secondary N) is 2. The predicted molar refractivity (Wildman–Crippen MR) is 98.0 cm³/mol. The zero-order valence-corrected chi connectivity index (χ0v) is 16.0. The molecule has 0 unspecified atom stereocenters. The summed E-state index contributed by atoms with van der Waals surface area (Å²) in [5, 5.41) is 5.02. The minimum absolute atomic E-state index is 0.00766. The third-order valence-electron chi connectivity index (χ3n) is 3.40. The fourth-order valence-electron chi connectivity index (χ4n) is 2.17. The Balaban J connectivity index is 2.38. The summed E-state index contributed by atoms with van der Waals surface area (Å²) in [6.45, 7) is 8.75. The second kappa shape index (κ2) is 10.4. The highest BCUT2D eigenvalue weighted by Crippen LogP contribution is 2.27. The van der Waals surface area contributed by atoms with Gasteiger partial charge in [0.2, 0.25) is 5.91 Å². The van der Waals surface area contributed by atoms with Gasteiger partial charge in [-0.3, -0.25) is 9.59 Å². The minimum atomic E-state index is -0.650. The molecule has 0 bridgehead atoms. The molecule has 0 radical (unpaired) electrons. The van der Waals surface area contributed by atoms with Crippen LogP contribution in [0.2, 0.25) is 0 Å². The first-order valence-corrected chi connectivity index (χ1v) is 8.64. The van der Waals surface area contributed by atoms with Gasteiger partial charge >= 0.3 is 5.97 Å². The van der Waals surface area contributed by atoms with E-state index in [4.69, 9.17) is 9.47 Å². The summed E-state index contributed by atoms with van der Waals surface area (Å²) in [5.74, 6) is -0.613. The van der Waals surface area contributed by atoms with Crippen molar-refractivity contribution in [2.24, 2.45) is 0 Å². The number of ether oxygens (including phenoxy) is 2. The topological polar surface area (TPSA) is 93.7 Å². The van der Waals surface area contributed by atoms with Crippen LogP contribution in [0, 0.1) is 6.92 Å². The van der Waals surface area contributed by atoms with Crippen molar-refractivity contribution in [3.63, 3.8) is 0 Å². The molecule has 26 heavy (non-hydrogen) atoms. The van der Waals surface area contributed by atoms with Crippen LogP contribution in [0.25, 0.3) is 0 Å². The summed E-state index contributed by atoms with van der Waals surface area (Å²) in [4.78, 5) is 34.8. The van der Waals surface area contributed by atoms with Crippen LogP contribution in [0.5, 0.6) is 5.75 Å². The number of benzene rings is 1. The van der Waals surface area contributed by atoms with Crippen LogP contribution in [-0.2, 0) is 19.1 Å². The van der Waals surface area contributed by atoms with Gasteiger partial charge in [0, 0.05) is 6.04 Å². The second-order valence-electron chi connectivity index (χ2n) is 6.64. The van der Waals surface area contributed by atoms with E-state index in [0.717, 1.165) is 11.1 Å². The highest BCUT2D eigenvalue weighted by atomic mass is 16.6. The lowest BCUT2D eigenvalue weighted by atomic mass is 10.0. The van der Waals surface area contributed by atoms with Gasteiger partial charge in [0.1, 0.15) is 5.75 Å². The molecule has 2 N–H and O–H groups in total. The van der Waals surface area contributed by atoms with Gasteiger partial charge in [0.25, 0.3) is 5.91 Å². The van der Waals surface area contributed by atoms with Gasteiger partial charge in [-0.1, -0.05) is 26.0 Å². The lowest BCUT2D eigenvalue weighted by Gasteiger charge is -2.14. The Morgan fingerprint density at radius 3 is 2.35 bits per heavy atom. The molecular formula is C19H28N2O5. The molecule has 0 aliphatic rings. The largest absolute Gasteiger partial charge is 0.482 e. The Kier molecular flexibility index (Phi) is 8.61. The van der Waals surface area contributed by atoms with Gasteiger partial charge in [-0.2, -0.15) is 0 Å². The van der Waals surface area contributed by atoms with Gasteiger partial charge in [-0.05, 0) is 43.9 Å². The summed E-state index contributed by atoms with van der Waals surface area (Å²) >= 11 is 0.